The van der Waals surface area contributed by atoms with Gasteiger partial charge in [0.25, 0.3) is 0 Å². The molecule has 0 bridgehead atoms. The molecule has 23 heavy (non-hydrogen) atoms. The number of fused-ring (bicyclic) bond motifs is 1. The monoisotopic (exact) mass is 320 g/mol. The van der Waals surface area contributed by atoms with Crippen molar-refractivity contribution in [3.05, 3.63) is 53.9 Å². The van der Waals surface area contributed by atoms with Crippen LogP contribution in [0.1, 0.15) is 11.3 Å². The van der Waals surface area contributed by atoms with Gasteiger partial charge in [0.15, 0.2) is 11.5 Å². The molecule has 0 aliphatic rings. The minimum absolute atomic E-state index is 0.0225. The maximum absolute atomic E-state index is 12.4. The first-order valence-electron chi connectivity index (χ1n) is 6.68. The van der Waals surface area contributed by atoms with Crippen molar-refractivity contribution in [2.75, 3.05) is 5.32 Å². The van der Waals surface area contributed by atoms with E-state index in [0.717, 1.165) is 28.6 Å². The van der Waals surface area contributed by atoms with Gasteiger partial charge < -0.3 is 10.3 Å². The molecular formula is C15H11F3N4O. The van der Waals surface area contributed by atoms with E-state index < -0.39 is 11.9 Å². The van der Waals surface area contributed by atoms with Crippen molar-refractivity contribution in [3.63, 3.8) is 0 Å². The van der Waals surface area contributed by atoms with Crippen LogP contribution in [0.4, 0.5) is 19.0 Å². The van der Waals surface area contributed by atoms with Crippen LogP contribution >= 0.6 is 0 Å². The number of hydrogen-bond acceptors (Lipinski definition) is 3. The van der Waals surface area contributed by atoms with Crippen LogP contribution in [-0.4, -0.2) is 21.1 Å². The molecule has 0 aliphatic carbocycles. The zero-order valence-electron chi connectivity index (χ0n) is 11.7. The van der Waals surface area contributed by atoms with E-state index in [1.807, 2.05) is 18.2 Å². The van der Waals surface area contributed by atoms with E-state index >= 15 is 0 Å². The topological polar surface area (TPSA) is 70.7 Å². The van der Waals surface area contributed by atoms with Crippen LogP contribution < -0.4 is 5.32 Å². The van der Waals surface area contributed by atoms with Gasteiger partial charge in [-0.1, -0.05) is 6.07 Å². The first-order chi connectivity index (χ1) is 10.9. The SMILES string of the molecule is O=C(Cc1ccc2[nH]ccc2c1)Nc1ccc(C(F)(F)F)nn1. The molecule has 0 atom stereocenters. The second-order valence-electron chi connectivity index (χ2n) is 4.93. The van der Waals surface area contributed by atoms with Gasteiger partial charge in [0.05, 0.1) is 6.42 Å². The molecule has 1 amide bonds. The van der Waals surface area contributed by atoms with Gasteiger partial charge in [-0.05, 0) is 41.3 Å². The maximum atomic E-state index is 12.4. The lowest BCUT2D eigenvalue weighted by atomic mass is 10.1. The lowest BCUT2D eigenvalue weighted by Crippen LogP contribution is -2.17. The van der Waals surface area contributed by atoms with Crippen LogP contribution in [0, 0.1) is 0 Å². The Kier molecular flexibility index (Phi) is 3.73. The van der Waals surface area contributed by atoms with Gasteiger partial charge in [-0.25, -0.2) is 0 Å². The van der Waals surface area contributed by atoms with Crippen molar-refractivity contribution in [3.8, 4) is 0 Å². The van der Waals surface area contributed by atoms with Crippen LogP contribution in [0.15, 0.2) is 42.6 Å². The number of aromatic nitrogens is 3. The van der Waals surface area contributed by atoms with Crippen molar-refractivity contribution in [1.29, 1.82) is 0 Å². The minimum Gasteiger partial charge on any atom is -0.361 e. The summed E-state index contributed by atoms with van der Waals surface area (Å²) in [5.74, 6) is -0.403. The highest BCUT2D eigenvalue weighted by atomic mass is 19.4. The Hall–Kier alpha value is -2.90. The fraction of sp³-hybridized carbons (Fsp3) is 0.133. The summed E-state index contributed by atoms with van der Waals surface area (Å²) < 4.78 is 37.1. The molecule has 2 N–H and O–H groups in total. The van der Waals surface area contributed by atoms with Gasteiger partial charge in [0.2, 0.25) is 5.91 Å². The Labute approximate surface area is 128 Å². The fourth-order valence-corrected chi connectivity index (χ4v) is 2.14. The Balaban J connectivity index is 1.66. The number of amides is 1. The van der Waals surface area contributed by atoms with E-state index in [-0.39, 0.29) is 18.1 Å². The van der Waals surface area contributed by atoms with Gasteiger partial charge in [-0.2, -0.15) is 13.2 Å². The van der Waals surface area contributed by atoms with Crippen LogP contribution in [-0.2, 0) is 17.4 Å². The van der Waals surface area contributed by atoms with Crippen LogP contribution in [0.2, 0.25) is 0 Å². The Bertz CT molecular complexity index is 840. The number of anilines is 1. The van der Waals surface area contributed by atoms with E-state index in [9.17, 15) is 18.0 Å². The van der Waals surface area contributed by atoms with Crippen molar-refractivity contribution < 1.29 is 18.0 Å². The average molecular weight is 320 g/mol. The maximum Gasteiger partial charge on any atom is 0.435 e. The number of nitrogens with zero attached hydrogens (tertiary/aromatic N) is 2. The van der Waals surface area contributed by atoms with Gasteiger partial charge in [-0.3, -0.25) is 4.79 Å². The normalized spacial score (nSPS) is 11.6. The van der Waals surface area contributed by atoms with Crippen LogP contribution in [0.25, 0.3) is 10.9 Å². The summed E-state index contributed by atoms with van der Waals surface area (Å²) >= 11 is 0. The van der Waals surface area contributed by atoms with E-state index in [2.05, 4.69) is 20.5 Å². The number of hydrogen-bond donors (Lipinski definition) is 2. The van der Waals surface area contributed by atoms with Crippen molar-refractivity contribution in [2.45, 2.75) is 12.6 Å². The zero-order valence-corrected chi connectivity index (χ0v) is 11.7. The Morgan fingerprint density at radius 1 is 1.13 bits per heavy atom. The Morgan fingerprint density at radius 3 is 2.65 bits per heavy atom. The number of aromatic amines is 1. The lowest BCUT2D eigenvalue weighted by molar-refractivity contribution is -0.141. The largest absolute Gasteiger partial charge is 0.435 e. The highest BCUT2D eigenvalue weighted by Gasteiger charge is 2.32. The molecule has 0 fully saturated rings. The third-order valence-corrected chi connectivity index (χ3v) is 3.20. The highest BCUT2D eigenvalue weighted by Crippen LogP contribution is 2.27. The van der Waals surface area contributed by atoms with Crippen molar-refractivity contribution in [1.82, 2.24) is 15.2 Å². The fourth-order valence-electron chi connectivity index (χ4n) is 2.14. The summed E-state index contributed by atoms with van der Waals surface area (Å²) in [6, 6.07) is 9.26. The van der Waals surface area contributed by atoms with E-state index in [1.54, 1.807) is 12.3 Å². The first-order valence-corrected chi connectivity index (χ1v) is 6.68. The molecule has 2 heterocycles. The molecule has 0 spiro atoms. The molecule has 3 aromatic rings. The molecule has 0 saturated heterocycles. The summed E-state index contributed by atoms with van der Waals surface area (Å²) in [6.45, 7) is 0. The van der Waals surface area contributed by atoms with Gasteiger partial charge in [-0.15, -0.1) is 10.2 Å². The van der Waals surface area contributed by atoms with Crippen LogP contribution in [0.3, 0.4) is 0 Å². The second kappa shape index (κ2) is 5.71. The predicted octanol–water partition coefficient (Wildman–Crippen LogP) is 3.16. The molecule has 118 valence electrons. The van der Waals surface area contributed by atoms with Gasteiger partial charge >= 0.3 is 6.18 Å². The standard InChI is InChI=1S/C15H11F3N4O/c16-15(17,18)12-3-4-13(22-21-12)20-14(23)8-9-1-2-11-10(7-9)5-6-19-11/h1-7,19H,8H2,(H,20,22,23). The number of carbonyl (C=O) groups excluding carboxylic acids is 1. The van der Waals surface area contributed by atoms with Crippen molar-refractivity contribution >= 4 is 22.6 Å². The zero-order chi connectivity index (χ0) is 16.4. The molecule has 0 aliphatic heterocycles. The predicted molar refractivity (Wildman–Crippen MR) is 77.7 cm³/mol. The summed E-state index contributed by atoms with van der Waals surface area (Å²) in [6.07, 6.45) is -2.67. The van der Waals surface area contributed by atoms with Crippen molar-refractivity contribution in [2.24, 2.45) is 0 Å². The number of nitrogens with one attached hydrogen (secondary N) is 2. The smallest absolute Gasteiger partial charge is 0.361 e. The second-order valence-corrected chi connectivity index (χ2v) is 4.93. The summed E-state index contributed by atoms with van der Waals surface area (Å²) in [7, 11) is 0. The van der Waals surface area contributed by atoms with Gasteiger partial charge in [0, 0.05) is 11.7 Å². The molecular weight excluding hydrogens is 309 g/mol. The summed E-state index contributed by atoms with van der Waals surface area (Å²) in [5.41, 5.74) is 0.644. The molecule has 5 nitrogen and oxygen atoms in total. The average Bonchev–Trinajstić information content (AvgIpc) is 2.94. The molecule has 1 aromatic carbocycles. The molecule has 0 unspecified atom stereocenters. The molecule has 3 rings (SSSR count). The number of H-pyrrole nitrogens is 1. The summed E-state index contributed by atoms with van der Waals surface area (Å²) in [4.78, 5) is 15.0. The van der Waals surface area contributed by atoms with E-state index in [1.165, 1.54) is 0 Å². The van der Waals surface area contributed by atoms with Gasteiger partial charge in [0.1, 0.15) is 0 Å². The lowest BCUT2D eigenvalue weighted by Gasteiger charge is -2.07. The molecule has 0 saturated carbocycles. The summed E-state index contributed by atoms with van der Waals surface area (Å²) in [5, 5.41) is 9.81. The van der Waals surface area contributed by atoms with E-state index in [0.29, 0.717) is 0 Å². The minimum atomic E-state index is -4.55. The number of rotatable bonds is 3. The first kappa shape index (κ1) is 15.0. The molecule has 0 radical (unpaired) electrons. The van der Waals surface area contributed by atoms with Crippen LogP contribution in [0.5, 0.6) is 0 Å². The highest BCUT2D eigenvalue weighted by molar-refractivity contribution is 5.92. The third-order valence-electron chi connectivity index (χ3n) is 3.20. The molecule has 8 heteroatoms. The third kappa shape index (κ3) is 3.47. The molecule has 2 aromatic heterocycles. The number of halogens is 3. The Morgan fingerprint density at radius 2 is 1.96 bits per heavy atom. The quantitative estimate of drug-likeness (QED) is 0.779. The number of benzene rings is 1. The number of alkyl halides is 3. The number of carbonyl (C=O) groups is 1. The van der Waals surface area contributed by atoms with E-state index in [4.69, 9.17) is 0 Å².